The zero-order valence-electron chi connectivity index (χ0n) is 15.0. The summed E-state index contributed by atoms with van der Waals surface area (Å²) < 4.78 is 6.16. The molecule has 0 spiro atoms. The van der Waals surface area contributed by atoms with E-state index in [0.717, 1.165) is 20.0 Å². The largest absolute Gasteiger partial charge is 0.497 e. The average Bonchev–Trinajstić information content (AvgIpc) is 3.14. The number of halogens is 1. The molecule has 140 valence electrons. The highest BCUT2D eigenvalue weighted by Crippen LogP contribution is 2.33. The van der Waals surface area contributed by atoms with Crippen molar-refractivity contribution in [1.82, 2.24) is 4.90 Å². The third kappa shape index (κ3) is 3.53. The first-order valence-electron chi connectivity index (χ1n) is 8.62. The minimum Gasteiger partial charge on any atom is -0.497 e. The second-order valence-electron chi connectivity index (χ2n) is 6.29. The molecule has 1 aromatic heterocycles. The fourth-order valence-corrected chi connectivity index (χ4v) is 4.51. The summed E-state index contributed by atoms with van der Waals surface area (Å²) >= 11 is 4.99. The Morgan fingerprint density at radius 3 is 2.32 bits per heavy atom. The molecule has 3 aromatic rings. The fourth-order valence-electron chi connectivity index (χ4n) is 3.15. The van der Waals surface area contributed by atoms with Crippen molar-refractivity contribution in [3.05, 3.63) is 86.0 Å². The van der Waals surface area contributed by atoms with Gasteiger partial charge in [0.25, 0.3) is 11.8 Å². The molecule has 1 aliphatic rings. The van der Waals surface area contributed by atoms with Gasteiger partial charge in [0.05, 0.1) is 17.4 Å². The summed E-state index contributed by atoms with van der Waals surface area (Å²) in [5.41, 5.74) is 2.60. The van der Waals surface area contributed by atoms with E-state index in [2.05, 4.69) is 15.9 Å². The number of benzene rings is 2. The number of hydrogen-bond acceptors (Lipinski definition) is 4. The van der Waals surface area contributed by atoms with Gasteiger partial charge in [-0.25, -0.2) is 0 Å². The van der Waals surface area contributed by atoms with Crippen molar-refractivity contribution in [1.29, 1.82) is 0 Å². The number of methoxy groups -OCH3 is 1. The molecule has 0 saturated carbocycles. The number of ether oxygens (including phenoxy) is 1. The molecule has 0 atom stereocenters. The van der Waals surface area contributed by atoms with E-state index in [-0.39, 0.29) is 18.4 Å². The highest BCUT2D eigenvalue weighted by Gasteiger charge is 2.34. The quantitative estimate of drug-likeness (QED) is 0.400. The number of nitrogens with zero attached hydrogens (tertiary/aromatic N) is 1. The zero-order valence-corrected chi connectivity index (χ0v) is 17.4. The molecule has 6 heteroatoms. The second-order valence-corrected chi connectivity index (χ2v) is 8.78. The van der Waals surface area contributed by atoms with Gasteiger partial charge in [0.1, 0.15) is 5.75 Å². The van der Waals surface area contributed by atoms with Gasteiger partial charge in [-0.05, 0) is 63.5 Å². The van der Waals surface area contributed by atoms with Crippen LogP contribution in [0.3, 0.4) is 0 Å². The third-order valence-corrected chi connectivity index (χ3v) is 6.12. The van der Waals surface area contributed by atoms with E-state index in [1.165, 1.54) is 16.2 Å². The van der Waals surface area contributed by atoms with Gasteiger partial charge in [-0.2, -0.15) is 0 Å². The summed E-state index contributed by atoms with van der Waals surface area (Å²) in [5.74, 6) is 0.166. The lowest BCUT2D eigenvalue weighted by atomic mass is 9.92. The van der Waals surface area contributed by atoms with Crippen molar-refractivity contribution in [3.63, 3.8) is 0 Å². The Bertz CT molecular complexity index is 1090. The molecule has 4 rings (SSSR count). The van der Waals surface area contributed by atoms with Crippen LogP contribution in [0.5, 0.6) is 5.75 Å². The molecule has 28 heavy (non-hydrogen) atoms. The molecular formula is C22H16BrNO3S. The van der Waals surface area contributed by atoms with Crippen LogP contribution < -0.4 is 4.74 Å². The van der Waals surface area contributed by atoms with Gasteiger partial charge in [-0.1, -0.05) is 30.3 Å². The monoisotopic (exact) mass is 453 g/mol. The average molecular weight is 454 g/mol. The van der Waals surface area contributed by atoms with Crippen molar-refractivity contribution < 1.29 is 14.3 Å². The molecule has 2 heterocycles. The lowest BCUT2D eigenvalue weighted by Gasteiger charge is -2.28. The molecule has 0 saturated heterocycles. The van der Waals surface area contributed by atoms with Crippen LogP contribution in [-0.4, -0.2) is 23.8 Å². The second kappa shape index (κ2) is 7.73. The molecule has 2 amide bonds. The number of imide groups is 1. The molecule has 4 nitrogen and oxygen atoms in total. The summed E-state index contributed by atoms with van der Waals surface area (Å²) in [6.07, 6.45) is 1.85. The maximum atomic E-state index is 13.2. The Hall–Kier alpha value is -2.70. The zero-order chi connectivity index (χ0) is 19.7. The minimum absolute atomic E-state index is 0.210. The Morgan fingerprint density at radius 2 is 1.68 bits per heavy atom. The van der Waals surface area contributed by atoms with Crippen molar-refractivity contribution in [2.75, 3.05) is 7.11 Å². The summed E-state index contributed by atoms with van der Waals surface area (Å²) in [6.45, 7) is 0.210. The van der Waals surface area contributed by atoms with Gasteiger partial charge in [0.2, 0.25) is 0 Å². The topological polar surface area (TPSA) is 46.6 Å². The van der Waals surface area contributed by atoms with E-state index in [4.69, 9.17) is 4.74 Å². The van der Waals surface area contributed by atoms with Crippen LogP contribution in [0.25, 0.3) is 11.6 Å². The first kappa shape index (κ1) is 18.7. The van der Waals surface area contributed by atoms with E-state index >= 15 is 0 Å². The first-order chi connectivity index (χ1) is 13.6. The SMILES string of the molecule is COc1ccc(CN2C(=O)/C(=C\c3ccc(Br)s3)c3ccccc3C2=O)cc1. The van der Waals surface area contributed by atoms with Crippen molar-refractivity contribution in [2.45, 2.75) is 6.54 Å². The first-order valence-corrected chi connectivity index (χ1v) is 10.2. The van der Waals surface area contributed by atoms with Crippen molar-refractivity contribution in [3.8, 4) is 5.75 Å². The molecule has 0 bridgehead atoms. The predicted molar refractivity (Wildman–Crippen MR) is 114 cm³/mol. The van der Waals surface area contributed by atoms with E-state index in [9.17, 15) is 9.59 Å². The Balaban J connectivity index is 1.75. The number of thiophene rings is 1. The molecule has 0 unspecified atom stereocenters. The van der Waals surface area contributed by atoms with Crippen LogP contribution >= 0.6 is 27.3 Å². The number of hydrogen-bond donors (Lipinski definition) is 0. The highest BCUT2D eigenvalue weighted by atomic mass is 79.9. The van der Waals surface area contributed by atoms with Crippen LogP contribution in [0.2, 0.25) is 0 Å². The van der Waals surface area contributed by atoms with Crippen LogP contribution in [0.4, 0.5) is 0 Å². The van der Waals surface area contributed by atoms with E-state index in [0.29, 0.717) is 16.7 Å². The normalized spacial score (nSPS) is 15.1. The summed E-state index contributed by atoms with van der Waals surface area (Å²) in [7, 11) is 1.60. The van der Waals surface area contributed by atoms with Crippen LogP contribution in [-0.2, 0) is 11.3 Å². The van der Waals surface area contributed by atoms with Crippen molar-refractivity contribution >= 4 is 50.7 Å². The molecular weight excluding hydrogens is 438 g/mol. The van der Waals surface area contributed by atoms with E-state index in [1.54, 1.807) is 13.2 Å². The molecule has 1 aliphatic heterocycles. The van der Waals surface area contributed by atoms with Gasteiger partial charge >= 0.3 is 0 Å². The number of fused-ring (bicyclic) bond motifs is 1. The summed E-state index contributed by atoms with van der Waals surface area (Å²) in [6, 6.07) is 18.5. The summed E-state index contributed by atoms with van der Waals surface area (Å²) in [4.78, 5) is 28.5. The van der Waals surface area contributed by atoms with Gasteiger partial charge in [0, 0.05) is 16.0 Å². The van der Waals surface area contributed by atoms with Crippen LogP contribution in [0, 0.1) is 0 Å². The molecule has 0 radical (unpaired) electrons. The van der Waals surface area contributed by atoms with Gasteiger partial charge < -0.3 is 4.74 Å². The molecule has 0 N–H and O–H groups in total. The third-order valence-electron chi connectivity index (χ3n) is 4.55. The Labute approximate surface area is 175 Å². The van der Waals surface area contributed by atoms with Gasteiger partial charge in [-0.3, -0.25) is 14.5 Å². The van der Waals surface area contributed by atoms with Crippen LogP contribution in [0.15, 0.2) is 64.5 Å². The van der Waals surface area contributed by atoms with Crippen molar-refractivity contribution in [2.24, 2.45) is 0 Å². The number of carbonyl (C=O) groups excluding carboxylic acids is 2. The lowest BCUT2D eigenvalue weighted by Crippen LogP contribution is -2.41. The molecule has 0 fully saturated rings. The number of rotatable bonds is 4. The van der Waals surface area contributed by atoms with E-state index in [1.807, 2.05) is 60.7 Å². The van der Waals surface area contributed by atoms with Crippen LogP contribution in [0.1, 0.15) is 26.4 Å². The maximum Gasteiger partial charge on any atom is 0.261 e. The number of carbonyl (C=O) groups is 2. The summed E-state index contributed by atoms with van der Waals surface area (Å²) in [5, 5.41) is 0. The molecule has 0 aliphatic carbocycles. The standard InChI is InChI=1S/C22H16BrNO3S/c1-27-15-8-6-14(7-9-15)13-24-21(25)18-5-3-2-4-17(18)19(22(24)26)12-16-10-11-20(23)28-16/h2-12H,13H2,1H3/b19-12-. The maximum absolute atomic E-state index is 13.2. The van der Waals surface area contributed by atoms with Gasteiger partial charge in [0.15, 0.2) is 0 Å². The molecule has 2 aromatic carbocycles. The van der Waals surface area contributed by atoms with E-state index < -0.39 is 0 Å². The minimum atomic E-state index is -0.288. The Kier molecular flexibility index (Phi) is 5.15. The smallest absolute Gasteiger partial charge is 0.261 e. The number of amides is 2. The van der Waals surface area contributed by atoms with Gasteiger partial charge in [-0.15, -0.1) is 11.3 Å². The highest BCUT2D eigenvalue weighted by molar-refractivity contribution is 9.11. The Morgan fingerprint density at radius 1 is 0.964 bits per heavy atom. The predicted octanol–water partition coefficient (Wildman–Crippen LogP) is 5.24. The fraction of sp³-hybridized carbons (Fsp3) is 0.0909. The lowest BCUT2D eigenvalue weighted by molar-refractivity contribution is -0.123.